The minimum absolute atomic E-state index is 0.0722. The van der Waals surface area contributed by atoms with Gasteiger partial charge in [-0.3, -0.25) is 4.79 Å². The summed E-state index contributed by atoms with van der Waals surface area (Å²) in [4.78, 5) is 21.2. The third-order valence-electron chi connectivity index (χ3n) is 5.03. The molecule has 3 N–H and O–H groups in total. The van der Waals surface area contributed by atoms with E-state index in [9.17, 15) is 15.3 Å². The molecule has 3 rings (SSSR count). The molecule has 0 aliphatic carbocycles. The van der Waals surface area contributed by atoms with Gasteiger partial charge in [0.2, 0.25) is 5.91 Å². The molecule has 0 spiro atoms. The van der Waals surface area contributed by atoms with Crippen LogP contribution in [0.1, 0.15) is 42.9 Å². The zero-order chi connectivity index (χ0) is 25.5. The van der Waals surface area contributed by atoms with Crippen molar-refractivity contribution in [2.75, 3.05) is 31.0 Å². The van der Waals surface area contributed by atoms with Crippen LogP contribution in [0.2, 0.25) is 0 Å². The molecule has 0 saturated carbocycles. The zero-order valence-electron chi connectivity index (χ0n) is 19.7. The van der Waals surface area contributed by atoms with Gasteiger partial charge in [0.15, 0.2) is 16.6 Å². The Bertz CT molecular complexity index is 1320. The molecule has 0 bridgehead atoms. The van der Waals surface area contributed by atoms with Crippen molar-refractivity contribution in [3.8, 4) is 34.9 Å². The van der Waals surface area contributed by atoms with Gasteiger partial charge in [-0.25, -0.2) is 9.97 Å². The number of carbonyl (C=O) groups is 1. The summed E-state index contributed by atoms with van der Waals surface area (Å²) < 4.78 is 10.6. The lowest BCUT2D eigenvalue weighted by Crippen LogP contribution is -2.12. The Balaban J connectivity index is 1.65. The fourth-order valence-electron chi connectivity index (χ4n) is 3.39. The van der Waals surface area contributed by atoms with E-state index in [0.29, 0.717) is 44.2 Å². The first-order valence-corrected chi connectivity index (χ1v) is 12.4. The number of thioether (sulfide) groups is 1. The summed E-state index contributed by atoms with van der Waals surface area (Å²) in [5.74, 6) is 1.40. The number of anilines is 2. The van der Waals surface area contributed by atoms with Crippen molar-refractivity contribution in [3.63, 3.8) is 0 Å². The van der Waals surface area contributed by atoms with E-state index in [4.69, 9.17) is 15.2 Å². The highest BCUT2D eigenvalue weighted by Crippen LogP contribution is 2.34. The lowest BCUT2D eigenvalue weighted by molar-refractivity contribution is -0.115. The van der Waals surface area contributed by atoms with Crippen LogP contribution in [-0.2, 0) is 4.79 Å². The Hall–Kier alpha value is -3.80. The SMILES string of the molecule is COc1ccc(-c2csc(NC(=O)CCSc3nc(N)c(C#N)c(C(C)C)c3C#N)n2)cc1OC. The van der Waals surface area contributed by atoms with E-state index in [1.165, 1.54) is 23.1 Å². The standard InChI is InChI=1S/C24H24N6O3S2/c1-13(2)21-15(10-25)22(27)30-23(16(21)11-26)34-8-7-20(31)29-24-28-17(12-35-24)14-5-6-18(32-3)19(9-14)33-4/h5-6,9,12-13H,7-8H2,1-4H3,(H2,27,30)(H,28,29,31). The zero-order valence-corrected chi connectivity index (χ0v) is 21.3. The minimum atomic E-state index is -0.213. The van der Waals surface area contributed by atoms with Gasteiger partial charge in [-0.1, -0.05) is 13.8 Å². The van der Waals surface area contributed by atoms with E-state index in [0.717, 1.165) is 5.56 Å². The number of nitrogens with one attached hydrogen (secondary N) is 1. The van der Waals surface area contributed by atoms with Gasteiger partial charge in [-0.15, -0.1) is 23.1 Å². The van der Waals surface area contributed by atoms with E-state index in [-0.39, 0.29) is 29.6 Å². The summed E-state index contributed by atoms with van der Waals surface area (Å²) in [6.07, 6.45) is 0.180. The van der Waals surface area contributed by atoms with Crippen LogP contribution in [0.4, 0.5) is 10.9 Å². The van der Waals surface area contributed by atoms with Crippen LogP contribution in [0.5, 0.6) is 11.5 Å². The van der Waals surface area contributed by atoms with E-state index in [1.807, 2.05) is 37.4 Å². The molecule has 0 fully saturated rings. The lowest BCUT2D eigenvalue weighted by Gasteiger charge is -2.15. The van der Waals surface area contributed by atoms with Gasteiger partial charge in [0.25, 0.3) is 0 Å². The maximum Gasteiger partial charge on any atom is 0.226 e. The number of ether oxygens (including phenoxy) is 2. The lowest BCUT2D eigenvalue weighted by atomic mass is 9.94. The molecular weight excluding hydrogens is 484 g/mol. The number of benzene rings is 1. The average Bonchev–Trinajstić information content (AvgIpc) is 3.31. The number of hydrogen-bond acceptors (Lipinski definition) is 10. The fourth-order valence-corrected chi connectivity index (χ4v) is 5.07. The molecule has 0 radical (unpaired) electrons. The largest absolute Gasteiger partial charge is 0.493 e. The van der Waals surface area contributed by atoms with Crippen molar-refractivity contribution in [2.45, 2.75) is 31.2 Å². The van der Waals surface area contributed by atoms with E-state index >= 15 is 0 Å². The quantitative estimate of drug-likeness (QED) is 0.389. The molecule has 9 nitrogen and oxygen atoms in total. The molecule has 0 aliphatic heterocycles. The molecule has 0 saturated heterocycles. The number of thiazole rings is 1. The molecule has 2 aromatic heterocycles. The van der Waals surface area contributed by atoms with Gasteiger partial charge in [0.1, 0.15) is 23.0 Å². The molecule has 0 atom stereocenters. The average molecular weight is 509 g/mol. The topological polar surface area (TPSA) is 147 Å². The van der Waals surface area contributed by atoms with Crippen LogP contribution < -0.4 is 20.5 Å². The van der Waals surface area contributed by atoms with Crippen LogP contribution in [-0.4, -0.2) is 35.8 Å². The number of nitrogens with zero attached hydrogens (tertiary/aromatic N) is 4. The molecule has 180 valence electrons. The second-order valence-electron chi connectivity index (χ2n) is 7.60. The number of rotatable bonds is 9. The number of nitriles is 2. The van der Waals surface area contributed by atoms with Crippen molar-refractivity contribution >= 4 is 40.0 Å². The van der Waals surface area contributed by atoms with Crippen LogP contribution >= 0.6 is 23.1 Å². The summed E-state index contributed by atoms with van der Waals surface area (Å²) in [7, 11) is 3.14. The van der Waals surface area contributed by atoms with Gasteiger partial charge in [-0.05, 0) is 29.7 Å². The normalized spacial score (nSPS) is 10.5. The molecule has 3 aromatic rings. The number of hydrogen-bond donors (Lipinski definition) is 2. The highest BCUT2D eigenvalue weighted by Gasteiger charge is 2.21. The summed E-state index contributed by atoms with van der Waals surface area (Å²) in [5, 5.41) is 24.6. The Morgan fingerprint density at radius 1 is 1.17 bits per heavy atom. The fraction of sp³-hybridized carbons (Fsp3) is 0.292. The first-order chi connectivity index (χ1) is 16.8. The van der Waals surface area contributed by atoms with Crippen molar-refractivity contribution in [1.82, 2.24) is 9.97 Å². The van der Waals surface area contributed by atoms with Gasteiger partial charge in [0.05, 0.1) is 31.0 Å². The van der Waals surface area contributed by atoms with E-state index in [1.54, 1.807) is 20.3 Å². The number of aromatic nitrogens is 2. The summed E-state index contributed by atoms with van der Waals surface area (Å²) >= 11 is 2.58. The Labute approximate surface area is 211 Å². The van der Waals surface area contributed by atoms with Crippen molar-refractivity contribution in [2.24, 2.45) is 0 Å². The highest BCUT2D eigenvalue weighted by molar-refractivity contribution is 7.99. The molecule has 1 aromatic carbocycles. The molecular formula is C24H24N6O3S2. The predicted octanol–water partition coefficient (Wildman–Crippen LogP) is 4.79. The smallest absolute Gasteiger partial charge is 0.226 e. The second kappa shape index (κ2) is 11.6. The second-order valence-corrected chi connectivity index (χ2v) is 9.54. The molecule has 11 heteroatoms. The monoisotopic (exact) mass is 508 g/mol. The molecule has 0 unspecified atom stereocenters. The van der Waals surface area contributed by atoms with Gasteiger partial charge >= 0.3 is 0 Å². The number of methoxy groups -OCH3 is 2. The Morgan fingerprint density at radius 2 is 1.89 bits per heavy atom. The van der Waals surface area contributed by atoms with Crippen molar-refractivity contribution in [1.29, 1.82) is 10.5 Å². The maximum absolute atomic E-state index is 12.5. The number of amides is 1. The number of nitrogens with two attached hydrogens (primary N) is 1. The summed E-state index contributed by atoms with van der Waals surface area (Å²) in [5.41, 5.74) is 8.64. The van der Waals surface area contributed by atoms with Crippen LogP contribution in [0.15, 0.2) is 28.6 Å². The van der Waals surface area contributed by atoms with Gasteiger partial charge < -0.3 is 20.5 Å². The third kappa shape index (κ3) is 5.83. The maximum atomic E-state index is 12.5. The molecule has 2 heterocycles. The van der Waals surface area contributed by atoms with Crippen molar-refractivity contribution in [3.05, 3.63) is 40.3 Å². The van der Waals surface area contributed by atoms with E-state index in [2.05, 4.69) is 21.4 Å². The minimum Gasteiger partial charge on any atom is -0.493 e. The van der Waals surface area contributed by atoms with Gasteiger partial charge in [-0.2, -0.15) is 10.5 Å². The summed E-state index contributed by atoms with van der Waals surface area (Å²) in [6.45, 7) is 3.78. The first kappa shape index (κ1) is 25.8. The molecule has 0 aliphatic rings. The van der Waals surface area contributed by atoms with Crippen molar-refractivity contribution < 1.29 is 14.3 Å². The van der Waals surface area contributed by atoms with E-state index < -0.39 is 0 Å². The number of carbonyl (C=O) groups excluding carboxylic acids is 1. The molecule has 35 heavy (non-hydrogen) atoms. The van der Waals surface area contributed by atoms with Gasteiger partial charge in [0, 0.05) is 23.1 Å². The number of pyridine rings is 1. The van der Waals surface area contributed by atoms with Crippen LogP contribution in [0.25, 0.3) is 11.3 Å². The Morgan fingerprint density at radius 3 is 2.51 bits per heavy atom. The van der Waals surface area contributed by atoms with Crippen LogP contribution in [0, 0.1) is 22.7 Å². The Kier molecular flexibility index (Phi) is 8.53. The summed E-state index contributed by atoms with van der Waals surface area (Å²) in [6, 6.07) is 9.68. The predicted molar refractivity (Wildman–Crippen MR) is 137 cm³/mol. The first-order valence-electron chi connectivity index (χ1n) is 10.6. The number of nitrogen functional groups attached to an aromatic ring is 1. The molecule has 1 amide bonds. The third-order valence-corrected chi connectivity index (χ3v) is 6.76. The highest BCUT2D eigenvalue weighted by atomic mass is 32.2. The van der Waals surface area contributed by atoms with Crippen LogP contribution in [0.3, 0.4) is 0 Å².